The van der Waals surface area contributed by atoms with Crippen LogP contribution in [-0.4, -0.2) is 15.4 Å². The Morgan fingerprint density at radius 2 is 0.800 bits per heavy atom. The highest BCUT2D eigenvalue weighted by molar-refractivity contribution is 6.05. The number of fused-ring (bicyclic) bond motifs is 6. The molecule has 8 aromatic carbocycles. The van der Waals surface area contributed by atoms with Gasteiger partial charge in [-0.1, -0.05) is 164 Å². The lowest BCUT2D eigenvalue weighted by Gasteiger charge is -2.24. The van der Waals surface area contributed by atoms with E-state index in [1.54, 1.807) is 0 Å². The second kappa shape index (κ2) is 14.2. The molecule has 1 aromatic heterocycles. The molecular formula is C57H43N3. The van der Waals surface area contributed by atoms with Crippen LogP contribution in [0.3, 0.4) is 0 Å². The van der Waals surface area contributed by atoms with Crippen molar-refractivity contribution in [1.29, 1.82) is 0 Å². The number of hydrogen-bond donors (Lipinski definition) is 0. The summed E-state index contributed by atoms with van der Waals surface area (Å²) < 4.78 is 0. The number of nitrogens with zero attached hydrogens (tertiary/aromatic N) is 3. The van der Waals surface area contributed by atoms with Crippen LogP contribution >= 0.6 is 0 Å². The Kier molecular flexibility index (Phi) is 8.53. The van der Waals surface area contributed by atoms with Crippen LogP contribution in [0.2, 0.25) is 0 Å². The molecular weight excluding hydrogens is 727 g/mol. The van der Waals surface area contributed by atoms with Crippen molar-refractivity contribution in [3.8, 4) is 89.3 Å². The molecule has 0 saturated heterocycles. The van der Waals surface area contributed by atoms with Gasteiger partial charge >= 0.3 is 0 Å². The summed E-state index contributed by atoms with van der Waals surface area (Å²) in [6, 6.07) is 59.6. The van der Waals surface area contributed by atoms with E-state index in [1.165, 1.54) is 100 Å². The first kappa shape index (κ1) is 35.9. The number of aryl methyl sites for hydroxylation is 2. The normalized spacial score (nSPS) is 12.2. The maximum atomic E-state index is 5.12. The minimum absolute atomic E-state index is 0.829. The van der Waals surface area contributed by atoms with Gasteiger partial charge in [-0.15, -0.1) is 10.2 Å². The van der Waals surface area contributed by atoms with Crippen LogP contribution in [0.1, 0.15) is 44.5 Å². The molecule has 0 bridgehead atoms. The molecule has 0 aliphatic heterocycles. The fourth-order valence-electron chi connectivity index (χ4n) is 10.1. The topological polar surface area (TPSA) is 38.7 Å². The van der Waals surface area contributed by atoms with E-state index >= 15 is 0 Å². The summed E-state index contributed by atoms with van der Waals surface area (Å²) in [4.78, 5) is 0. The Morgan fingerprint density at radius 3 is 1.43 bits per heavy atom. The van der Waals surface area contributed by atoms with Crippen molar-refractivity contribution in [2.45, 2.75) is 40.5 Å². The zero-order chi connectivity index (χ0) is 40.5. The average Bonchev–Trinajstić information content (AvgIpc) is 3.85. The highest BCUT2D eigenvalue weighted by atomic mass is 15.3. The molecule has 60 heavy (non-hydrogen) atoms. The molecule has 3 heteroatoms. The van der Waals surface area contributed by atoms with Crippen molar-refractivity contribution in [3.05, 3.63) is 208 Å². The molecule has 2 aliphatic carbocycles. The van der Waals surface area contributed by atoms with Gasteiger partial charge in [-0.3, -0.25) is 0 Å². The SMILES string of the molecule is Cc1cc2c(c(-c3nnnc(-c4cccc(-c5ccccc5-c5ccccc5)c4-c4c(C)c(C)cc5c4Cc4ccccc4-5)c3-c3ccccc3)c1C)Cc1ccccc1-2. The van der Waals surface area contributed by atoms with E-state index in [9.17, 15) is 0 Å². The van der Waals surface area contributed by atoms with Crippen molar-refractivity contribution in [2.24, 2.45) is 0 Å². The second-order valence-corrected chi connectivity index (χ2v) is 16.5. The number of hydrogen-bond acceptors (Lipinski definition) is 3. The van der Waals surface area contributed by atoms with E-state index in [2.05, 4.69) is 191 Å². The van der Waals surface area contributed by atoms with Gasteiger partial charge in [0, 0.05) is 16.7 Å². The van der Waals surface area contributed by atoms with Gasteiger partial charge < -0.3 is 0 Å². The lowest BCUT2D eigenvalue weighted by molar-refractivity contribution is 0.877. The molecule has 1 heterocycles. The van der Waals surface area contributed by atoms with Crippen molar-refractivity contribution in [2.75, 3.05) is 0 Å². The first-order valence-corrected chi connectivity index (χ1v) is 21.0. The molecule has 3 nitrogen and oxygen atoms in total. The summed E-state index contributed by atoms with van der Waals surface area (Å²) in [6.45, 7) is 9.03. The Balaban J connectivity index is 1.26. The fraction of sp³-hybridized carbons (Fsp3) is 0.105. The van der Waals surface area contributed by atoms with Crippen molar-refractivity contribution in [1.82, 2.24) is 15.4 Å². The van der Waals surface area contributed by atoms with Crippen LogP contribution in [0.15, 0.2) is 164 Å². The number of rotatable bonds is 6. The van der Waals surface area contributed by atoms with Gasteiger partial charge in [0.25, 0.3) is 0 Å². The molecule has 0 fully saturated rings. The van der Waals surface area contributed by atoms with Gasteiger partial charge in [0.05, 0.1) is 0 Å². The van der Waals surface area contributed by atoms with Crippen LogP contribution in [0.5, 0.6) is 0 Å². The van der Waals surface area contributed by atoms with Gasteiger partial charge in [-0.25, -0.2) is 0 Å². The second-order valence-electron chi connectivity index (χ2n) is 16.5. The summed E-state index contributed by atoms with van der Waals surface area (Å²) in [6.07, 6.45) is 1.71. The lowest BCUT2D eigenvalue weighted by atomic mass is 9.79. The van der Waals surface area contributed by atoms with Gasteiger partial charge in [0.1, 0.15) is 11.4 Å². The van der Waals surface area contributed by atoms with Crippen molar-refractivity contribution < 1.29 is 0 Å². The minimum atomic E-state index is 0.829. The average molecular weight is 770 g/mol. The summed E-state index contributed by atoms with van der Waals surface area (Å²) in [5.74, 6) is 0. The number of aromatic nitrogens is 3. The zero-order valence-corrected chi connectivity index (χ0v) is 34.3. The van der Waals surface area contributed by atoms with Crippen molar-refractivity contribution >= 4 is 0 Å². The van der Waals surface area contributed by atoms with E-state index in [0.717, 1.165) is 46.5 Å². The molecule has 0 spiro atoms. The van der Waals surface area contributed by atoms with Crippen LogP contribution in [0, 0.1) is 27.7 Å². The van der Waals surface area contributed by atoms with E-state index in [-0.39, 0.29) is 0 Å². The highest BCUT2D eigenvalue weighted by Gasteiger charge is 2.32. The Bertz CT molecular complexity index is 3180. The molecule has 0 N–H and O–H groups in total. The van der Waals surface area contributed by atoms with Gasteiger partial charge in [-0.2, -0.15) is 0 Å². The van der Waals surface area contributed by atoms with E-state index in [1.807, 2.05) is 0 Å². The van der Waals surface area contributed by atoms with Crippen molar-refractivity contribution in [3.63, 3.8) is 0 Å². The zero-order valence-electron chi connectivity index (χ0n) is 34.3. The molecule has 0 unspecified atom stereocenters. The van der Waals surface area contributed by atoms with Crippen LogP contribution in [0.4, 0.5) is 0 Å². The fourth-order valence-corrected chi connectivity index (χ4v) is 10.1. The summed E-state index contributed by atoms with van der Waals surface area (Å²) in [5, 5.41) is 14.9. The Hall–Kier alpha value is -7.23. The molecule has 0 saturated carbocycles. The van der Waals surface area contributed by atoms with Crippen LogP contribution < -0.4 is 0 Å². The maximum Gasteiger partial charge on any atom is 0.105 e. The predicted molar refractivity (Wildman–Crippen MR) is 248 cm³/mol. The molecule has 11 rings (SSSR count). The first-order chi connectivity index (χ1) is 29.5. The Labute approximate surface area is 352 Å². The van der Waals surface area contributed by atoms with Gasteiger partial charge in [0.15, 0.2) is 0 Å². The molecule has 0 radical (unpaired) electrons. The molecule has 0 atom stereocenters. The van der Waals surface area contributed by atoms with Gasteiger partial charge in [-0.05, 0) is 151 Å². The van der Waals surface area contributed by atoms with Crippen LogP contribution in [-0.2, 0) is 12.8 Å². The monoisotopic (exact) mass is 769 g/mol. The maximum absolute atomic E-state index is 5.12. The molecule has 286 valence electrons. The predicted octanol–water partition coefficient (Wildman–Crippen LogP) is 14.2. The Morgan fingerprint density at radius 1 is 0.333 bits per heavy atom. The summed E-state index contributed by atoms with van der Waals surface area (Å²) in [5.41, 5.74) is 28.8. The third-order valence-electron chi connectivity index (χ3n) is 13.2. The number of benzene rings is 8. The molecule has 9 aromatic rings. The first-order valence-electron chi connectivity index (χ1n) is 21.0. The summed E-state index contributed by atoms with van der Waals surface area (Å²) >= 11 is 0. The lowest BCUT2D eigenvalue weighted by Crippen LogP contribution is -2.06. The van der Waals surface area contributed by atoms with E-state index < -0.39 is 0 Å². The van der Waals surface area contributed by atoms with Crippen LogP contribution in [0.25, 0.3) is 89.3 Å². The van der Waals surface area contributed by atoms with E-state index in [0.29, 0.717) is 0 Å². The standard InChI is InChI=1S/C57H43N3/c1-34-30-48-43-25-13-11-22-40(43)32-50(48)52(36(34)3)55-46(45-27-16-15-24-42(45)38-18-7-5-8-19-38)28-17-29-47(55)56-54(39-20-9-6-10-21-39)57(59-60-58-56)53-37(4)35(2)31-49-44-26-14-12-23-41(44)33-51(49)53/h5-31H,32-33H2,1-4H3. The van der Waals surface area contributed by atoms with Gasteiger partial charge in [0.2, 0.25) is 0 Å². The minimum Gasteiger partial charge on any atom is -0.129 e. The molecule has 0 amide bonds. The largest absolute Gasteiger partial charge is 0.129 e. The third-order valence-corrected chi connectivity index (χ3v) is 13.2. The third kappa shape index (κ3) is 5.61. The quantitative estimate of drug-likeness (QED) is 0.169. The smallest absolute Gasteiger partial charge is 0.105 e. The summed E-state index contributed by atoms with van der Waals surface area (Å²) in [7, 11) is 0. The highest BCUT2D eigenvalue weighted by Crippen LogP contribution is 2.53. The van der Waals surface area contributed by atoms with E-state index in [4.69, 9.17) is 15.4 Å². The molecule has 2 aliphatic rings.